The van der Waals surface area contributed by atoms with Crippen molar-refractivity contribution in [2.75, 3.05) is 0 Å². The number of halogens is 1. The molecule has 2 aromatic heterocycles. The molecule has 0 radical (unpaired) electrons. The zero-order valence-corrected chi connectivity index (χ0v) is 25.1. The van der Waals surface area contributed by atoms with Crippen LogP contribution in [0.5, 0.6) is 0 Å². The van der Waals surface area contributed by atoms with E-state index in [1.165, 1.54) is 11.1 Å². The van der Waals surface area contributed by atoms with Gasteiger partial charge in [0, 0.05) is 31.9 Å². The highest BCUT2D eigenvalue weighted by Crippen LogP contribution is 2.33. The maximum absolute atomic E-state index is 6.17. The van der Waals surface area contributed by atoms with Crippen LogP contribution in [0.1, 0.15) is 0 Å². The van der Waals surface area contributed by atoms with E-state index in [0.717, 1.165) is 54.2 Å². The third kappa shape index (κ3) is 4.97. The van der Waals surface area contributed by atoms with Crippen LogP contribution in [0.25, 0.3) is 78.4 Å². The highest BCUT2D eigenvalue weighted by molar-refractivity contribution is 9.10. The normalized spacial score (nSPS) is 11.3. The Bertz CT molecular complexity index is 2290. The molecule has 0 N–H and O–H groups in total. The highest BCUT2D eigenvalue weighted by atomic mass is 79.9. The van der Waals surface area contributed by atoms with Crippen LogP contribution < -0.4 is 0 Å². The molecule has 0 spiro atoms. The summed E-state index contributed by atoms with van der Waals surface area (Å²) in [6.07, 6.45) is 0. The van der Waals surface area contributed by atoms with Crippen molar-refractivity contribution < 1.29 is 4.42 Å². The Morgan fingerprint density at radius 3 is 1.64 bits per heavy atom. The third-order valence-electron chi connectivity index (χ3n) is 7.80. The molecule has 0 bridgehead atoms. The van der Waals surface area contributed by atoms with E-state index in [1.807, 2.05) is 60.7 Å². The monoisotopic (exact) mass is 629 g/mol. The summed E-state index contributed by atoms with van der Waals surface area (Å²) in [5.74, 6) is 1.84. The number of fused-ring (bicyclic) bond motifs is 3. The first-order valence-corrected chi connectivity index (χ1v) is 15.2. The zero-order chi connectivity index (χ0) is 29.5. The van der Waals surface area contributed by atoms with Crippen molar-refractivity contribution in [2.24, 2.45) is 0 Å². The van der Waals surface area contributed by atoms with Gasteiger partial charge in [0.15, 0.2) is 17.5 Å². The topological polar surface area (TPSA) is 51.8 Å². The number of rotatable bonds is 5. The molecule has 0 aliphatic rings. The molecular weight excluding hydrogens is 606 g/mol. The zero-order valence-electron chi connectivity index (χ0n) is 23.5. The number of para-hydroxylation sites is 1. The molecule has 4 nitrogen and oxygen atoms in total. The molecule has 8 rings (SSSR count). The first-order valence-electron chi connectivity index (χ1n) is 14.4. The van der Waals surface area contributed by atoms with E-state index in [0.29, 0.717) is 17.5 Å². The van der Waals surface area contributed by atoms with Gasteiger partial charge in [-0.15, -0.1) is 0 Å². The predicted octanol–water partition coefficient (Wildman–Crippen LogP) is 10.9. The summed E-state index contributed by atoms with van der Waals surface area (Å²) in [6.45, 7) is 0. The molecule has 8 aromatic rings. The second-order valence-electron chi connectivity index (χ2n) is 10.6. The Labute approximate surface area is 262 Å². The molecule has 5 heteroatoms. The number of hydrogen-bond acceptors (Lipinski definition) is 4. The fourth-order valence-corrected chi connectivity index (χ4v) is 5.97. The van der Waals surface area contributed by atoms with Crippen molar-refractivity contribution in [3.05, 3.63) is 150 Å². The van der Waals surface area contributed by atoms with E-state index in [9.17, 15) is 0 Å². The Hall–Kier alpha value is -5.39. The summed E-state index contributed by atoms with van der Waals surface area (Å²) in [4.78, 5) is 14.8. The summed E-state index contributed by atoms with van der Waals surface area (Å²) >= 11 is 3.59. The van der Waals surface area contributed by atoms with Crippen LogP contribution in [0.15, 0.2) is 154 Å². The fourth-order valence-electron chi connectivity index (χ4n) is 5.57. The molecule has 0 unspecified atom stereocenters. The standard InChI is InChI=1S/C39H24BrN3O/c40-32-13-7-12-30(23-32)29-11-6-10-28(22-29)25-16-18-27(19-17-25)38-41-37(26-8-2-1-3-9-26)42-39(43-38)31-20-21-34-33-14-4-5-15-35(33)44-36(34)24-31/h1-24H. The van der Waals surface area contributed by atoms with Crippen LogP contribution in [0, 0.1) is 0 Å². The third-order valence-corrected chi connectivity index (χ3v) is 8.29. The van der Waals surface area contributed by atoms with Gasteiger partial charge in [-0.3, -0.25) is 0 Å². The van der Waals surface area contributed by atoms with Crippen molar-refractivity contribution in [2.45, 2.75) is 0 Å². The summed E-state index contributed by atoms with van der Waals surface area (Å²) in [7, 11) is 0. The Balaban J connectivity index is 1.19. The second-order valence-corrected chi connectivity index (χ2v) is 11.6. The average Bonchev–Trinajstić information content (AvgIpc) is 3.47. The van der Waals surface area contributed by atoms with Crippen molar-refractivity contribution in [3.63, 3.8) is 0 Å². The Morgan fingerprint density at radius 2 is 0.886 bits per heavy atom. The van der Waals surface area contributed by atoms with E-state index in [2.05, 4.69) is 101 Å². The van der Waals surface area contributed by atoms with Gasteiger partial charge >= 0.3 is 0 Å². The van der Waals surface area contributed by atoms with Crippen LogP contribution in [-0.2, 0) is 0 Å². The van der Waals surface area contributed by atoms with Crippen LogP contribution in [-0.4, -0.2) is 15.0 Å². The minimum Gasteiger partial charge on any atom is -0.456 e. The molecule has 0 amide bonds. The lowest BCUT2D eigenvalue weighted by atomic mass is 9.98. The second kappa shape index (κ2) is 11.0. The van der Waals surface area contributed by atoms with Crippen LogP contribution >= 0.6 is 15.9 Å². The van der Waals surface area contributed by atoms with Crippen molar-refractivity contribution in [1.82, 2.24) is 15.0 Å². The molecule has 0 aliphatic carbocycles. The van der Waals surface area contributed by atoms with Gasteiger partial charge in [-0.25, -0.2) is 15.0 Å². The van der Waals surface area contributed by atoms with E-state index in [1.54, 1.807) is 0 Å². The first-order chi connectivity index (χ1) is 21.7. The molecule has 6 aromatic carbocycles. The molecule has 2 heterocycles. The van der Waals surface area contributed by atoms with Gasteiger partial charge in [-0.1, -0.05) is 125 Å². The maximum atomic E-state index is 6.17. The van der Waals surface area contributed by atoms with Gasteiger partial charge in [-0.2, -0.15) is 0 Å². The summed E-state index contributed by atoms with van der Waals surface area (Å²) in [5.41, 5.74) is 9.01. The first kappa shape index (κ1) is 26.3. The number of aromatic nitrogens is 3. The molecule has 44 heavy (non-hydrogen) atoms. The van der Waals surface area contributed by atoms with E-state index in [-0.39, 0.29) is 0 Å². The molecule has 0 saturated carbocycles. The molecule has 0 saturated heterocycles. The lowest BCUT2D eigenvalue weighted by molar-refractivity contribution is 0.669. The average molecular weight is 631 g/mol. The van der Waals surface area contributed by atoms with Crippen LogP contribution in [0.4, 0.5) is 0 Å². The Kier molecular flexibility index (Phi) is 6.58. The van der Waals surface area contributed by atoms with Gasteiger partial charge in [0.25, 0.3) is 0 Å². The smallest absolute Gasteiger partial charge is 0.164 e. The molecular formula is C39H24BrN3O. The lowest BCUT2D eigenvalue weighted by Gasteiger charge is -2.10. The van der Waals surface area contributed by atoms with E-state index < -0.39 is 0 Å². The minimum atomic E-state index is 0.599. The molecule has 0 atom stereocenters. The summed E-state index contributed by atoms with van der Waals surface area (Å²) in [5, 5.41) is 2.17. The van der Waals surface area contributed by atoms with Crippen molar-refractivity contribution in [3.8, 4) is 56.4 Å². The quantitative estimate of drug-likeness (QED) is 0.190. The van der Waals surface area contributed by atoms with E-state index >= 15 is 0 Å². The van der Waals surface area contributed by atoms with Crippen molar-refractivity contribution in [1.29, 1.82) is 0 Å². The maximum Gasteiger partial charge on any atom is 0.164 e. The predicted molar refractivity (Wildman–Crippen MR) is 182 cm³/mol. The van der Waals surface area contributed by atoms with Crippen LogP contribution in [0.2, 0.25) is 0 Å². The van der Waals surface area contributed by atoms with Gasteiger partial charge < -0.3 is 4.42 Å². The van der Waals surface area contributed by atoms with Gasteiger partial charge in [0.05, 0.1) is 0 Å². The minimum absolute atomic E-state index is 0.599. The number of hydrogen-bond donors (Lipinski definition) is 0. The molecule has 0 fully saturated rings. The number of nitrogens with zero attached hydrogens (tertiary/aromatic N) is 3. The summed E-state index contributed by atoms with van der Waals surface area (Å²) in [6, 6.07) is 49.6. The number of benzene rings is 6. The largest absolute Gasteiger partial charge is 0.456 e. The van der Waals surface area contributed by atoms with E-state index in [4.69, 9.17) is 19.4 Å². The molecule has 0 aliphatic heterocycles. The van der Waals surface area contributed by atoms with Gasteiger partial charge in [-0.05, 0) is 58.7 Å². The SMILES string of the molecule is Brc1cccc(-c2cccc(-c3ccc(-c4nc(-c5ccccc5)nc(-c5ccc6c(c5)oc5ccccc56)n4)cc3)c2)c1. The molecule has 208 valence electrons. The summed E-state index contributed by atoms with van der Waals surface area (Å²) < 4.78 is 7.23. The number of furan rings is 1. The lowest BCUT2D eigenvalue weighted by Crippen LogP contribution is -2.00. The van der Waals surface area contributed by atoms with Gasteiger partial charge in [0.1, 0.15) is 11.2 Å². The van der Waals surface area contributed by atoms with Crippen LogP contribution in [0.3, 0.4) is 0 Å². The Morgan fingerprint density at radius 1 is 0.364 bits per heavy atom. The van der Waals surface area contributed by atoms with Crippen molar-refractivity contribution >= 4 is 37.9 Å². The highest BCUT2D eigenvalue weighted by Gasteiger charge is 2.15. The fraction of sp³-hybridized carbons (Fsp3) is 0. The van der Waals surface area contributed by atoms with Gasteiger partial charge in [0.2, 0.25) is 0 Å².